The molecule has 0 radical (unpaired) electrons. The predicted molar refractivity (Wildman–Crippen MR) is 76.1 cm³/mol. The van der Waals surface area contributed by atoms with Gasteiger partial charge in [0.15, 0.2) is 0 Å². The van der Waals surface area contributed by atoms with E-state index in [0.717, 1.165) is 23.9 Å². The number of pyridine rings is 1. The monoisotopic (exact) mass is 266 g/mol. The summed E-state index contributed by atoms with van der Waals surface area (Å²) in [6, 6.07) is 11.1. The molecule has 0 aliphatic carbocycles. The minimum absolute atomic E-state index is 0.0680. The number of likely N-dealkylation sites (tertiary alicyclic amines) is 1. The number of nitrogens with one attached hydrogen (secondary N) is 1. The van der Waals surface area contributed by atoms with E-state index in [1.54, 1.807) is 18.0 Å². The molecule has 1 aliphatic heterocycles. The van der Waals surface area contributed by atoms with Crippen molar-refractivity contribution < 1.29 is 4.79 Å². The van der Waals surface area contributed by atoms with Crippen LogP contribution in [0.4, 0.5) is 5.82 Å². The van der Waals surface area contributed by atoms with Crippen molar-refractivity contribution >= 4 is 22.6 Å². The fraction of sp³-hybridized carbons (Fsp3) is 0.267. The van der Waals surface area contributed by atoms with Gasteiger partial charge in [-0.05, 0) is 18.6 Å². The van der Waals surface area contributed by atoms with Crippen molar-refractivity contribution in [2.45, 2.75) is 12.5 Å². The summed E-state index contributed by atoms with van der Waals surface area (Å²) >= 11 is 0. The molecule has 1 aromatic carbocycles. The van der Waals surface area contributed by atoms with Gasteiger partial charge in [-0.2, -0.15) is 5.26 Å². The molecule has 5 heteroatoms. The van der Waals surface area contributed by atoms with Crippen LogP contribution in [0.2, 0.25) is 0 Å². The van der Waals surface area contributed by atoms with Crippen LogP contribution in [0.15, 0.2) is 30.3 Å². The quantitative estimate of drug-likeness (QED) is 0.899. The van der Waals surface area contributed by atoms with Gasteiger partial charge in [0.05, 0.1) is 17.1 Å². The molecule has 1 aromatic heterocycles. The van der Waals surface area contributed by atoms with Crippen LogP contribution >= 0.6 is 0 Å². The van der Waals surface area contributed by atoms with E-state index in [9.17, 15) is 10.1 Å². The van der Waals surface area contributed by atoms with E-state index in [2.05, 4.69) is 16.4 Å². The van der Waals surface area contributed by atoms with E-state index in [1.807, 2.05) is 24.3 Å². The number of rotatable bonds is 2. The van der Waals surface area contributed by atoms with Crippen LogP contribution in [-0.4, -0.2) is 35.4 Å². The van der Waals surface area contributed by atoms with Gasteiger partial charge in [0.1, 0.15) is 11.9 Å². The molecule has 3 rings (SSSR count). The topological polar surface area (TPSA) is 69.0 Å². The van der Waals surface area contributed by atoms with Gasteiger partial charge < -0.3 is 10.2 Å². The molecule has 2 aromatic rings. The van der Waals surface area contributed by atoms with Crippen LogP contribution in [0.1, 0.15) is 12.0 Å². The zero-order valence-corrected chi connectivity index (χ0v) is 11.1. The van der Waals surface area contributed by atoms with E-state index >= 15 is 0 Å². The van der Waals surface area contributed by atoms with Crippen molar-refractivity contribution in [1.29, 1.82) is 5.26 Å². The highest BCUT2D eigenvalue weighted by atomic mass is 16.2. The lowest BCUT2D eigenvalue weighted by Crippen LogP contribution is -2.31. The smallest absolute Gasteiger partial charge is 0.244 e. The van der Waals surface area contributed by atoms with Gasteiger partial charge in [-0.15, -0.1) is 0 Å². The van der Waals surface area contributed by atoms with Crippen molar-refractivity contribution in [3.05, 3.63) is 35.9 Å². The number of fused-ring (bicyclic) bond motifs is 1. The van der Waals surface area contributed by atoms with Gasteiger partial charge in [-0.3, -0.25) is 4.79 Å². The number of nitriles is 1. The molecule has 1 atom stereocenters. The normalized spacial score (nSPS) is 18.3. The second-order valence-corrected chi connectivity index (χ2v) is 4.93. The number of aromatic nitrogens is 1. The first-order chi connectivity index (χ1) is 9.69. The van der Waals surface area contributed by atoms with Crippen LogP contribution in [0.25, 0.3) is 10.9 Å². The third-order valence-electron chi connectivity index (χ3n) is 3.59. The first kappa shape index (κ1) is 12.4. The Morgan fingerprint density at radius 1 is 1.45 bits per heavy atom. The fourth-order valence-electron chi connectivity index (χ4n) is 2.48. The third-order valence-corrected chi connectivity index (χ3v) is 3.59. The van der Waals surface area contributed by atoms with E-state index in [-0.39, 0.29) is 11.9 Å². The molecule has 1 aliphatic rings. The van der Waals surface area contributed by atoms with Crippen LogP contribution in [0.5, 0.6) is 0 Å². The summed E-state index contributed by atoms with van der Waals surface area (Å²) in [5.41, 5.74) is 1.32. The number of para-hydroxylation sites is 1. The summed E-state index contributed by atoms with van der Waals surface area (Å²) in [5.74, 6) is 0.646. The highest BCUT2D eigenvalue weighted by Crippen LogP contribution is 2.22. The molecule has 5 nitrogen and oxygen atoms in total. The van der Waals surface area contributed by atoms with E-state index in [0.29, 0.717) is 11.4 Å². The molecule has 1 saturated heterocycles. The summed E-state index contributed by atoms with van der Waals surface area (Å²) in [7, 11) is 1.79. The molecule has 0 saturated carbocycles. The SMILES string of the molecule is CN1CC[C@@H](Nc2cc(C#N)c3ccccc3n2)C1=O. The standard InChI is InChI=1S/C15H14N4O/c1-19-7-6-13(15(19)20)18-14-8-10(9-16)11-4-2-3-5-12(11)17-14/h2-5,8,13H,6-7H2,1H3,(H,17,18)/t13-/m1/s1. The zero-order valence-electron chi connectivity index (χ0n) is 11.1. The van der Waals surface area contributed by atoms with Gasteiger partial charge in [0.2, 0.25) is 5.91 Å². The van der Waals surface area contributed by atoms with Gasteiger partial charge >= 0.3 is 0 Å². The number of likely N-dealkylation sites (N-methyl/N-ethyl adjacent to an activating group) is 1. The molecule has 20 heavy (non-hydrogen) atoms. The molecule has 1 fully saturated rings. The summed E-state index contributed by atoms with van der Waals surface area (Å²) < 4.78 is 0. The van der Waals surface area contributed by atoms with Gasteiger partial charge in [-0.25, -0.2) is 4.98 Å². The lowest BCUT2D eigenvalue weighted by atomic mass is 10.1. The lowest BCUT2D eigenvalue weighted by molar-refractivity contribution is -0.127. The highest BCUT2D eigenvalue weighted by molar-refractivity contribution is 5.89. The third kappa shape index (κ3) is 2.05. The van der Waals surface area contributed by atoms with Crippen LogP contribution in [0, 0.1) is 11.3 Å². The van der Waals surface area contributed by atoms with Crippen LogP contribution in [0.3, 0.4) is 0 Å². The zero-order chi connectivity index (χ0) is 14.1. The summed E-state index contributed by atoms with van der Waals surface area (Å²) in [4.78, 5) is 18.1. The average molecular weight is 266 g/mol. The van der Waals surface area contributed by atoms with Crippen molar-refractivity contribution in [3.8, 4) is 6.07 Å². The Morgan fingerprint density at radius 3 is 2.95 bits per heavy atom. The Labute approximate surface area is 116 Å². The maximum Gasteiger partial charge on any atom is 0.244 e. The van der Waals surface area contributed by atoms with Gasteiger partial charge in [0, 0.05) is 19.0 Å². The number of nitrogens with zero attached hydrogens (tertiary/aromatic N) is 3. The first-order valence-electron chi connectivity index (χ1n) is 6.50. The van der Waals surface area contributed by atoms with Crippen LogP contribution < -0.4 is 5.32 Å². The molecule has 100 valence electrons. The largest absolute Gasteiger partial charge is 0.358 e. The van der Waals surface area contributed by atoms with Crippen molar-refractivity contribution in [1.82, 2.24) is 9.88 Å². The van der Waals surface area contributed by atoms with Gasteiger partial charge in [-0.1, -0.05) is 18.2 Å². The molecule has 2 heterocycles. The predicted octanol–water partition coefficient (Wildman–Crippen LogP) is 1.75. The summed E-state index contributed by atoms with van der Waals surface area (Å²) in [6.07, 6.45) is 0.756. The second-order valence-electron chi connectivity index (χ2n) is 4.93. The lowest BCUT2D eigenvalue weighted by Gasteiger charge is -2.13. The summed E-state index contributed by atoms with van der Waals surface area (Å²) in [6.45, 7) is 0.745. The van der Waals surface area contributed by atoms with E-state index in [1.165, 1.54) is 0 Å². The molecule has 0 bridgehead atoms. The summed E-state index contributed by atoms with van der Waals surface area (Å²) in [5, 5.41) is 13.2. The Hall–Kier alpha value is -2.61. The second kappa shape index (κ2) is 4.82. The molecular weight excluding hydrogens is 252 g/mol. The average Bonchev–Trinajstić information content (AvgIpc) is 2.78. The number of carbonyl (C=O) groups excluding carboxylic acids is 1. The van der Waals surface area contributed by atoms with E-state index < -0.39 is 0 Å². The number of hydrogen-bond donors (Lipinski definition) is 1. The number of benzene rings is 1. The molecule has 0 unspecified atom stereocenters. The number of carbonyl (C=O) groups is 1. The Bertz CT molecular complexity index is 719. The van der Waals surface area contributed by atoms with Crippen molar-refractivity contribution in [2.24, 2.45) is 0 Å². The number of hydrogen-bond acceptors (Lipinski definition) is 4. The van der Waals surface area contributed by atoms with Crippen molar-refractivity contribution in [2.75, 3.05) is 18.9 Å². The minimum Gasteiger partial charge on any atom is -0.358 e. The Kier molecular flexibility index (Phi) is 2.99. The highest BCUT2D eigenvalue weighted by Gasteiger charge is 2.29. The molecular formula is C15H14N4O. The number of anilines is 1. The minimum atomic E-state index is -0.250. The molecule has 1 N–H and O–H groups in total. The van der Waals surface area contributed by atoms with Crippen LogP contribution in [-0.2, 0) is 4.79 Å². The first-order valence-corrected chi connectivity index (χ1v) is 6.50. The number of amides is 1. The Balaban J connectivity index is 1.97. The van der Waals surface area contributed by atoms with Gasteiger partial charge in [0.25, 0.3) is 0 Å². The molecule has 1 amide bonds. The van der Waals surface area contributed by atoms with Crippen molar-refractivity contribution in [3.63, 3.8) is 0 Å². The maximum atomic E-state index is 11.9. The fourth-order valence-corrected chi connectivity index (χ4v) is 2.48. The Morgan fingerprint density at radius 2 is 2.25 bits per heavy atom. The van der Waals surface area contributed by atoms with E-state index in [4.69, 9.17) is 0 Å². The maximum absolute atomic E-state index is 11.9. The molecule has 0 spiro atoms.